The van der Waals surface area contributed by atoms with Crippen molar-refractivity contribution in [2.24, 2.45) is 5.41 Å². The van der Waals surface area contributed by atoms with E-state index in [1.54, 1.807) is 0 Å². The third kappa shape index (κ3) is 8.16. The Labute approximate surface area is 281 Å². The lowest BCUT2D eigenvalue weighted by Gasteiger charge is -2.49. The maximum Gasteiger partial charge on any atom is 0.253 e. The Kier molecular flexibility index (Phi) is 12.3. The molecule has 0 saturated heterocycles. The zero-order chi connectivity index (χ0) is 35.9. The minimum absolute atomic E-state index is 0.0155. The Bertz CT molecular complexity index is 1210. The molecule has 4 heterocycles. The van der Waals surface area contributed by atoms with Crippen molar-refractivity contribution in [3.63, 3.8) is 0 Å². The number of aliphatic hydroxyl groups is 4. The van der Waals surface area contributed by atoms with Crippen LogP contribution in [0.25, 0.3) is 0 Å². The topological polar surface area (TPSA) is 230 Å². The lowest BCUT2D eigenvalue weighted by atomic mass is 9.63. The number of aliphatic hydroxyl groups excluding tert-OH is 4. The summed E-state index contributed by atoms with van der Waals surface area (Å²) < 4.78 is 0. The van der Waals surface area contributed by atoms with Gasteiger partial charge in [0.1, 0.15) is 0 Å². The molecular weight excluding hydrogens is 644 g/mol. The van der Waals surface area contributed by atoms with Crippen molar-refractivity contribution in [1.82, 2.24) is 19.6 Å². The van der Waals surface area contributed by atoms with Gasteiger partial charge in [-0.1, -0.05) is 0 Å². The highest BCUT2D eigenvalue weighted by Crippen LogP contribution is 2.43. The van der Waals surface area contributed by atoms with Crippen molar-refractivity contribution < 1.29 is 58.8 Å². The molecule has 49 heavy (non-hydrogen) atoms. The number of carbonyl (C=O) groups excluding carboxylic acids is 8. The summed E-state index contributed by atoms with van der Waals surface area (Å²) in [6, 6.07) is 0. The van der Waals surface area contributed by atoms with Gasteiger partial charge in [-0.2, -0.15) is 0 Å². The molecule has 4 aliphatic heterocycles. The summed E-state index contributed by atoms with van der Waals surface area (Å²) in [5.74, 6) is -4.39. The molecular formula is C33H40N4O12. The second kappa shape index (κ2) is 16.2. The van der Waals surface area contributed by atoms with Crippen LogP contribution in [0.2, 0.25) is 0 Å². The summed E-state index contributed by atoms with van der Waals surface area (Å²) in [6.07, 6.45) is 1.33. The van der Waals surface area contributed by atoms with E-state index in [-0.39, 0.29) is 77.5 Å². The fourth-order valence-electron chi connectivity index (χ4n) is 6.71. The maximum atomic E-state index is 12.1. The van der Waals surface area contributed by atoms with E-state index in [9.17, 15) is 58.8 Å². The number of carbonyl (C=O) groups is 8. The van der Waals surface area contributed by atoms with Crippen molar-refractivity contribution >= 4 is 47.3 Å². The van der Waals surface area contributed by atoms with Gasteiger partial charge in [0.05, 0.1) is 29.8 Å². The number of amides is 8. The number of hydrogen-bond donors (Lipinski definition) is 4. The number of hydrogen-bond acceptors (Lipinski definition) is 12. The molecule has 0 radical (unpaired) electrons. The van der Waals surface area contributed by atoms with Crippen LogP contribution in [0.4, 0.5) is 0 Å². The lowest BCUT2D eigenvalue weighted by Crippen LogP contribution is -2.61. The van der Waals surface area contributed by atoms with Crippen LogP contribution in [0.5, 0.6) is 0 Å². The van der Waals surface area contributed by atoms with Gasteiger partial charge in [0, 0.05) is 74.8 Å². The molecule has 0 aromatic rings. The first-order valence-corrected chi connectivity index (χ1v) is 16.1. The first kappa shape index (κ1) is 37.2. The van der Waals surface area contributed by atoms with Gasteiger partial charge < -0.3 is 20.4 Å². The van der Waals surface area contributed by atoms with Crippen LogP contribution < -0.4 is 0 Å². The molecule has 16 heteroatoms. The molecule has 4 atom stereocenters. The van der Waals surface area contributed by atoms with E-state index in [0.29, 0.717) is 0 Å². The molecule has 0 fully saturated rings. The third-order valence-electron chi connectivity index (χ3n) is 9.35. The van der Waals surface area contributed by atoms with Gasteiger partial charge in [0.2, 0.25) is 0 Å². The second-order valence-electron chi connectivity index (χ2n) is 12.3. The molecule has 0 aliphatic carbocycles. The Morgan fingerprint density at radius 1 is 0.367 bits per heavy atom. The summed E-state index contributed by atoms with van der Waals surface area (Å²) in [7, 11) is 0. The highest BCUT2D eigenvalue weighted by atomic mass is 16.3. The van der Waals surface area contributed by atoms with E-state index in [0.717, 1.165) is 68.2 Å². The third-order valence-corrected chi connectivity index (χ3v) is 9.35. The highest BCUT2D eigenvalue weighted by molar-refractivity contribution is 6.14. The molecule has 8 amide bonds. The molecule has 4 rings (SSSR count). The molecule has 0 aromatic heterocycles. The van der Waals surface area contributed by atoms with Crippen LogP contribution >= 0.6 is 0 Å². The van der Waals surface area contributed by atoms with E-state index in [1.165, 1.54) is 0 Å². The van der Waals surface area contributed by atoms with E-state index < -0.39 is 77.1 Å². The summed E-state index contributed by atoms with van der Waals surface area (Å²) in [5.41, 5.74) is -2.12. The molecule has 4 N–H and O–H groups in total. The van der Waals surface area contributed by atoms with Crippen LogP contribution in [0.1, 0.15) is 51.4 Å². The van der Waals surface area contributed by atoms with E-state index in [2.05, 4.69) is 0 Å². The highest BCUT2D eigenvalue weighted by Gasteiger charge is 2.54. The number of rotatable bonds is 20. The predicted molar refractivity (Wildman–Crippen MR) is 167 cm³/mol. The molecule has 0 saturated carbocycles. The quantitative estimate of drug-likeness (QED) is 0.105. The van der Waals surface area contributed by atoms with Crippen molar-refractivity contribution in [1.29, 1.82) is 0 Å². The molecule has 4 aliphatic rings. The van der Waals surface area contributed by atoms with Gasteiger partial charge in [-0.3, -0.25) is 58.0 Å². The normalized spacial score (nSPS) is 21.3. The van der Waals surface area contributed by atoms with Crippen LogP contribution in [0, 0.1) is 5.41 Å². The Balaban J connectivity index is 1.56. The van der Waals surface area contributed by atoms with Gasteiger partial charge in [-0.25, -0.2) is 0 Å². The average Bonchev–Trinajstić information content (AvgIpc) is 3.77. The molecule has 4 unspecified atom stereocenters. The molecule has 0 spiro atoms. The smallest absolute Gasteiger partial charge is 0.253 e. The molecule has 0 aromatic carbocycles. The Morgan fingerprint density at radius 3 is 0.694 bits per heavy atom. The summed E-state index contributed by atoms with van der Waals surface area (Å²) in [6.45, 7) is -0.426. The first-order valence-electron chi connectivity index (χ1n) is 16.1. The summed E-state index contributed by atoms with van der Waals surface area (Å²) in [4.78, 5) is 100. The molecule has 16 nitrogen and oxygen atoms in total. The summed E-state index contributed by atoms with van der Waals surface area (Å²) >= 11 is 0. The van der Waals surface area contributed by atoms with Crippen LogP contribution in [0.3, 0.4) is 0 Å². The van der Waals surface area contributed by atoms with Crippen molar-refractivity contribution in [3.05, 3.63) is 48.6 Å². The Morgan fingerprint density at radius 2 is 0.531 bits per heavy atom. The number of imide groups is 4. The first-order chi connectivity index (χ1) is 23.3. The molecule has 0 bridgehead atoms. The van der Waals surface area contributed by atoms with E-state index in [1.807, 2.05) is 0 Å². The average molecular weight is 685 g/mol. The van der Waals surface area contributed by atoms with E-state index >= 15 is 0 Å². The largest absolute Gasteiger partial charge is 0.392 e. The molecule has 264 valence electrons. The zero-order valence-electron chi connectivity index (χ0n) is 26.8. The number of nitrogens with zero attached hydrogens (tertiary/aromatic N) is 4. The van der Waals surface area contributed by atoms with Crippen LogP contribution in [0.15, 0.2) is 48.6 Å². The second-order valence-corrected chi connectivity index (χ2v) is 12.3. The minimum atomic E-state index is -2.12. The van der Waals surface area contributed by atoms with Crippen molar-refractivity contribution in [3.8, 4) is 0 Å². The minimum Gasteiger partial charge on any atom is -0.392 e. The predicted octanol–water partition coefficient (Wildman–Crippen LogP) is -1.76. The van der Waals surface area contributed by atoms with Gasteiger partial charge >= 0.3 is 0 Å². The van der Waals surface area contributed by atoms with Crippen molar-refractivity contribution in [2.45, 2.75) is 75.8 Å². The SMILES string of the molecule is O=C1C=CC(=O)N1CCCC(O)C(C(O)CCCN1C(=O)C=CC1=O)(C(O)CCCN1C(=O)C=CC1=O)C(O)CCCN1C(=O)C=CC1=O. The fourth-order valence-corrected chi connectivity index (χ4v) is 6.71. The monoisotopic (exact) mass is 684 g/mol. The Hall–Kier alpha value is -4.64. The maximum absolute atomic E-state index is 12.1. The standard InChI is InChI=1S/C33H40N4O12/c38-21(5-1-17-34-25(42)9-10-26(34)43)33(22(39)6-2-18-35-27(44)11-12-28(35)45,23(40)7-3-19-36-29(46)13-14-30(36)47)24(41)8-4-20-37-31(48)15-16-32(37)49/h9-16,21-24,38-41H,1-8,17-20H2. The van der Waals surface area contributed by atoms with Crippen LogP contribution in [-0.4, -0.2) is 138 Å². The lowest BCUT2D eigenvalue weighted by molar-refractivity contribution is -0.201. The van der Waals surface area contributed by atoms with Gasteiger partial charge in [-0.15, -0.1) is 0 Å². The van der Waals surface area contributed by atoms with E-state index in [4.69, 9.17) is 0 Å². The zero-order valence-corrected chi connectivity index (χ0v) is 26.8. The van der Waals surface area contributed by atoms with Crippen LogP contribution in [-0.2, 0) is 38.4 Å². The van der Waals surface area contributed by atoms with Gasteiger partial charge in [0.15, 0.2) is 0 Å². The fraction of sp³-hybridized carbons (Fsp3) is 0.515. The van der Waals surface area contributed by atoms with Gasteiger partial charge in [-0.05, 0) is 51.4 Å². The van der Waals surface area contributed by atoms with Gasteiger partial charge in [0.25, 0.3) is 47.3 Å². The summed E-state index contributed by atoms with van der Waals surface area (Å²) in [5, 5.41) is 47.2. The van der Waals surface area contributed by atoms with Crippen molar-refractivity contribution in [2.75, 3.05) is 26.2 Å².